The number of alkyl halides is 6. The Hall–Kier alpha value is -2.45. The van der Waals surface area contributed by atoms with Gasteiger partial charge >= 0.3 is 11.8 Å². The number of aryl methyl sites for hydroxylation is 1. The van der Waals surface area contributed by atoms with Crippen molar-refractivity contribution in [3.8, 4) is 0 Å². The van der Waals surface area contributed by atoms with Gasteiger partial charge in [0.25, 0.3) is 5.92 Å². The normalized spacial score (nSPS) is 21.5. The van der Waals surface area contributed by atoms with E-state index < -0.39 is 64.3 Å². The minimum absolute atomic E-state index is 0.0141. The summed E-state index contributed by atoms with van der Waals surface area (Å²) in [5.41, 5.74) is -3.14. The van der Waals surface area contributed by atoms with Gasteiger partial charge in [-0.25, -0.2) is 17.6 Å². The molecule has 2 unspecified atom stereocenters. The second-order valence-corrected chi connectivity index (χ2v) is 8.24. The van der Waals surface area contributed by atoms with Gasteiger partial charge in [0.1, 0.15) is 0 Å². The zero-order valence-corrected chi connectivity index (χ0v) is 18.0. The summed E-state index contributed by atoms with van der Waals surface area (Å²) in [6.07, 6.45) is 3.02. The van der Waals surface area contributed by atoms with E-state index >= 15 is 0 Å². The van der Waals surface area contributed by atoms with Crippen molar-refractivity contribution in [3.63, 3.8) is 0 Å². The van der Waals surface area contributed by atoms with Gasteiger partial charge in [-0.1, -0.05) is 25.1 Å². The van der Waals surface area contributed by atoms with E-state index in [4.69, 9.17) is 0 Å². The lowest BCUT2D eigenvalue weighted by Gasteiger charge is -2.35. The lowest BCUT2D eigenvalue weighted by Crippen LogP contribution is -2.37. The third-order valence-electron chi connectivity index (χ3n) is 6.15. The fraction of sp³-hybridized carbons (Fsp3) is 0.458. The number of benzene rings is 1. The van der Waals surface area contributed by atoms with Crippen LogP contribution in [0.5, 0.6) is 0 Å². The van der Waals surface area contributed by atoms with Crippen LogP contribution < -0.4 is 0 Å². The maximum atomic E-state index is 14.8. The molecule has 0 saturated heterocycles. The second-order valence-electron chi connectivity index (χ2n) is 8.24. The molecule has 1 aliphatic rings. The van der Waals surface area contributed by atoms with Crippen molar-refractivity contribution in [1.82, 2.24) is 4.98 Å². The Morgan fingerprint density at radius 2 is 1.70 bits per heavy atom. The molecule has 0 amide bonds. The number of pyridine rings is 1. The maximum absolute atomic E-state index is 14.8. The SMILES string of the molecule is C/C=C/C1CCC(c2ccc(C(F)(F)C(F)(F)c3ccc(CC)nc3)c(F)c2F)CC1(F)F. The van der Waals surface area contributed by atoms with Gasteiger partial charge < -0.3 is 0 Å². The molecule has 0 aliphatic heterocycles. The highest BCUT2D eigenvalue weighted by Gasteiger charge is 2.60. The Balaban J connectivity index is 1.95. The smallest absolute Gasteiger partial charge is 0.261 e. The molecule has 1 fully saturated rings. The van der Waals surface area contributed by atoms with Crippen LogP contribution in [0.15, 0.2) is 42.6 Å². The Morgan fingerprint density at radius 1 is 1.00 bits per heavy atom. The van der Waals surface area contributed by atoms with E-state index in [9.17, 15) is 35.1 Å². The minimum Gasteiger partial charge on any atom is -0.261 e. The van der Waals surface area contributed by atoms with E-state index in [2.05, 4.69) is 4.98 Å². The van der Waals surface area contributed by atoms with Crippen molar-refractivity contribution in [3.05, 3.63) is 76.6 Å². The molecule has 0 spiro atoms. The molecule has 1 heterocycles. The molecule has 1 saturated carbocycles. The number of hydrogen-bond donors (Lipinski definition) is 0. The van der Waals surface area contributed by atoms with Crippen molar-refractivity contribution < 1.29 is 35.1 Å². The van der Waals surface area contributed by atoms with Gasteiger partial charge in [0, 0.05) is 29.8 Å². The molecule has 0 N–H and O–H groups in total. The topological polar surface area (TPSA) is 12.9 Å². The molecule has 0 bridgehead atoms. The average molecular weight is 477 g/mol. The molecule has 1 nitrogen and oxygen atoms in total. The van der Waals surface area contributed by atoms with Gasteiger partial charge in [-0.3, -0.25) is 4.98 Å². The molecule has 0 radical (unpaired) electrons. The molecule has 1 aliphatic carbocycles. The van der Waals surface area contributed by atoms with E-state index in [1.165, 1.54) is 12.2 Å². The molecule has 2 aromatic rings. The minimum atomic E-state index is -5.11. The number of hydrogen-bond acceptors (Lipinski definition) is 1. The number of rotatable bonds is 6. The van der Waals surface area contributed by atoms with Crippen LogP contribution in [0.2, 0.25) is 0 Å². The summed E-state index contributed by atoms with van der Waals surface area (Å²) in [5, 5.41) is 0. The monoisotopic (exact) mass is 477 g/mol. The van der Waals surface area contributed by atoms with Crippen LogP contribution in [0.1, 0.15) is 61.4 Å². The van der Waals surface area contributed by atoms with E-state index in [0.717, 1.165) is 12.1 Å². The number of allylic oxidation sites excluding steroid dienone is 2. The Bertz CT molecular complexity index is 1010. The van der Waals surface area contributed by atoms with Crippen molar-refractivity contribution in [1.29, 1.82) is 0 Å². The number of nitrogens with zero attached hydrogens (tertiary/aromatic N) is 1. The van der Waals surface area contributed by atoms with Crippen molar-refractivity contribution in [2.45, 2.75) is 63.2 Å². The standard InChI is InChI=1S/C24H23F8N/c1-3-5-15-7-6-14(12-22(15,27)28)18-10-11-19(21(26)20(18)25)24(31,32)23(29,30)16-8-9-17(4-2)33-13-16/h3,5,8-11,13-15H,4,6-7,12H2,1-2H3/b5-3+. The molecule has 9 heteroatoms. The third kappa shape index (κ3) is 4.51. The Morgan fingerprint density at radius 3 is 2.24 bits per heavy atom. The van der Waals surface area contributed by atoms with E-state index in [0.29, 0.717) is 30.4 Å². The molecule has 3 rings (SSSR count). The largest absolute Gasteiger partial charge is 0.342 e. The van der Waals surface area contributed by atoms with Crippen LogP contribution in [0.3, 0.4) is 0 Å². The first-order valence-corrected chi connectivity index (χ1v) is 10.6. The summed E-state index contributed by atoms with van der Waals surface area (Å²) in [5.74, 6) is -19.4. The molecule has 1 aromatic heterocycles. The van der Waals surface area contributed by atoms with Gasteiger partial charge in [0.05, 0.1) is 5.56 Å². The lowest BCUT2D eigenvalue weighted by atomic mass is 9.75. The van der Waals surface area contributed by atoms with Crippen molar-refractivity contribution in [2.24, 2.45) is 5.92 Å². The molecule has 180 valence electrons. The van der Waals surface area contributed by atoms with Gasteiger partial charge in [0.15, 0.2) is 11.6 Å². The molecule has 33 heavy (non-hydrogen) atoms. The van der Waals surface area contributed by atoms with E-state index in [1.54, 1.807) is 13.8 Å². The van der Waals surface area contributed by atoms with E-state index in [1.807, 2.05) is 0 Å². The second kappa shape index (κ2) is 9.06. The zero-order chi connectivity index (χ0) is 24.6. The summed E-state index contributed by atoms with van der Waals surface area (Å²) in [4.78, 5) is 3.66. The van der Waals surface area contributed by atoms with Gasteiger partial charge in [-0.05, 0) is 55.9 Å². The van der Waals surface area contributed by atoms with Crippen LogP contribution in [0.4, 0.5) is 35.1 Å². The van der Waals surface area contributed by atoms with Gasteiger partial charge in [-0.2, -0.15) is 17.6 Å². The van der Waals surface area contributed by atoms with Crippen LogP contribution in [-0.4, -0.2) is 10.9 Å². The molecular weight excluding hydrogens is 454 g/mol. The Labute approximate surface area is 186 Å². The summed E-state index contributed by atoms with van der Waals surface area (Å²) < 4.78 is 117. The Kier molecular flexibility index (Phi) is 6.92. The van der Waals surface area contributed by atoms with E-state index in [-0.39, 0.29) is 12.8 Å². The summed E-state index contributed by atoms with van der Waals surface area (Å²) in [7, 11) is 0. The molecular formula is C24H23F8N. The highest BCUT2D eigenvalue weighted by molar-refractivity contribution is 5.35. The lowest BCUT2D eigenvalue weighted by molar-refractivity contribution is -0.225. The summed E-state index contributed by atoms with van der Waals surface area (Å²) >= 11 is 0. The molecule has 1 aromatic carbocycles. The van der Waals surface area contributed by atoms with Gasteiger partial charge in [-0.15, -0.1) is 0 Å². The van der Waals surface area contributed by atoms with Crippen molar-refractivity contribution >= 4 is 0 Å². The zero-order valence-electron chi connectivity index (χ0n) is 18.0. The molecule has 2 atom stereocenters. The third-order valence-corrected chi connectivity index (χ3v) is 6.15. The summed E-state index contributed by atoms with van der Waals surface area (Å²) in [6, 6.07) is 2.95. The fourth-order valence-electron chi connectivity index (χ4n) is 4.20. The number of halogens is 8. The predicted octanol–water partition coefficient (Wildman–Crippen LogP) is 7.90. The van der Waals surface area contributed by atoms with Crippen molar-refractivity contribution in [2.75, 3.05) is 0 Å². The first-order chi connectivity index (χ1) is 15.4. The van der Waals surface area contributed by atoms with Crippen LogP contribution in [0, 0.1) is 17.6 Å². The fourth-order valence-corrected chi connectivity index (χ4v) is 4.20. The van der Waals surface area contributed by atoms with Crippen LogP contribution in [0.25, 0.3) is 0 Å². The quantitative estimate of drug-likeness (QED) is 0.304. The highest BCUT2D eigenvalue weighted by Crippen LogP contribution is 2.52. The van der Waals surface area contributed by atoms with Crippen LogP contribution in [-0.2, 0) is 18.3 Å². The first kappa shape index (κ1) is 25.2. The summed E-state index contributed by atoms with van der Waals surface area (Å²) in [6.45, 7) is 3.28. The first-order valence-electron chi connectivity index (χ1n) is 10.6. The van der Waals surface area contributed by atoms with Gasteiger partial charge in [0.2, 0.25) is 0 Å². The highest BCUT2D eigenvalue weighted by atomic mass is 19.3. The predicted molar refractivity (Wildman–Crippen MR) is 108 cm³/mol. The van der Waals surface area contributed by atoms with Crippen LogP contribution >= 0.6 is 0 Å². The maximum Gasteiger partial charge on any atom is 0.342 e. The average Bonchev–Trinajstić information content (AvgIpc) is 2.76. The number of aromatic nitrogens is 1.